The second-order valence-electron chi connectivity index (χ2n) is 4.34. The van der Waals surface area contributed by atoms with Crippen molar-refractivity contribution in [2.75, 3.05) is 19.1 Å². The number of nitrogens with zero attached hydrogens (tertiary/aromatic N) is 2. The first-order chi connectivity index (χ1) is 10.1. The minimum Gasteiger partial charge on any atom is -0.494 e. The molecule has 2 aromatic rings. The zero-order chi connectivity index (χ0) is 15.4. The van der Waals surface area contributed by atoms with Crippen LogP contribution < -0.4 is 9.64 Å². The van der Waals surface area contributed by atoms with E-state index in [2.05, 4.69) is 0 Å². The number of rotatable bonds is 3. The third kappa shape index (κ3) is 2.84. The molecule has 0 fully saturated rings. The topological polar surface area (TPSA) is 53.3 Å². The fraction of sp³-hybridized carbons (Fsp3) is 0.125. The number of benzene rings is 2. The molecule has 0 radical (unpaired) electrons. The van der Waals surface area contributed by atoms with Gasteiger partial charge in [0.15, 0.2) is 11.6 Å². The highest BCUT2D eigenvalue weighted by Gasteiger charge is 2.17. The number of anilines is 1. The van der Waals surface area contributed by atoms with Gasteiger partial charge in [0.25, 0.3) is 5.91 Å². The maximum absolute atomic E-state index is 13.4. The maximum Gasteiger partial charge on any atom is 0.258 e. The summed E-state index contributed by atoms with van der Waals surface area (Å²) in [6.07, 6.45) is 0. The lowest BCUT2D eigenvalue weighted by molar-refractivity contribution is 0.0992. The van der Waals surface area contributed by atoms with Gasteiger partial charge in [-0.15, -0.1) is 0 Å². The summed E-state index contributed by atoms with van der Waals surface area (Å²) in [6, 6.07) is 12.7. The molecule has 0 aromatic heterocycles. The molecule has 0 aliphatic carbocycles. The van der Waals surface area contributed by atoms with Crippen LogP contribution in [-0.4, -0.2) is 20.1 Å². The van der Waals surface area contributed by atoms with Crippen LogP contribution in [0.4, 0.5) is 10.1 Å². The predicted octanol–water partition coefficient (Wildman–Crippen LogP) is 2.98. The summed E-state index contributed by atoms with van der Waals surface area (Å²) < 4.78 is 18.3. The van der Waals surface area contributed by atoms with Crippen LogP contribution in [0, 0.1) is 17.1 Å². The molecule has 0 saturated heterocycles. The molecule has 0 N–H and O–H groups in total. The van der Waals surface area contributed by atoms with Crippen LogP contribution in [0.5, 0.6) is 5.75 Å². The maximum atomic E-state index is 13.4. The SMILES string of the molecule is COc1cc(C(=O)N(C)c2ccccc2C#N)ccc1F. The van der Waals surface area contributed by atoms with Crippen LogP contribution in [0.3, 0.4) is 0 Å². The van der Waals surface area contributed by atoms with Crippen LogP contribution in [-0.2, 0) is 0 Å². The number of halogens is 1. The number of hydrogen-bond donors (Lipinski definition) is 0. The van der Waals surface area contributed by atoms with Gasteiger partial charge in [-0.3, -0.25) is 4.79 Å². The molecular weight excluding hydrogens is 271 g/mol. The highest BCUT2D eigenvalue weighted by Crippen LogP contribution is 2.23. The molecule has 5 heteroatoms. The van der Waals surface area contributed by atoms with Crippen molar-refractivity contribution in [3.63, 3.8) is 0 Å². The van der Waals surface area contributed by atoms with Gasteiger partial charge in [-0.25, -0.2) is 4.39 Å². The summed E-state index contributed by atoms with van der Waals surface area (Å²) in [6.45, 7) is 0. The van der Waals surface area contributed by atoms with E-state index in [9.17, 15) is 9.18 Å². The summed E-state index contributed by atoms with van der Waals surface area (Å²) in [7, 11) is 2.90. The summed E-state index contributed by atoms with van der Waals surface area (Å²) in [5, 5.41) is 9.08. The standard InChI is InChI=1S/C16H13FN2O2/c1-19(14-6-4-3-5-12(14)10-18)16(20)11-7-8-13(17)15(9-11)21-2/h3-9H,1-2H3. The molecule has 4 nitrogen and oxygen atoms in total. The first kappa shape index (κ1) is 14.5. The summed E-state index contributed by atoms with van der Waals surface area (Å²) in [4.78, 5) is 13.8. The lowest BCUT2D eigenvalue weighted by Crippen LogP contribution is -2.27. The van der Waals surface area contributed by atoms with Crippen LogP contribution in [0.2, 0.25) is 0 Å². The van der Waals surface area contributed by atoms with Crippen molar-refractivity contribution in [1.29, 1.82) is 5.26 Å². The largest absolute Gasteiger partial charge is 0.494 e. The summed E-state index contributed by atoms with van der Waals surface area (Å²) in [5.41, 5.74) is 1.17. The Morgan fingerprint density at radius 1 is 1.29 bits per heavy atom. The Labute approximate surface area is 122 Å². The van der Waals surface area contributed by atoms with Crippen molar-refractivity contribution < 1.29 is 13.9 Å². The lowest BCUT2D eigenvalue weighted by Gasteiger charge is -2.19. The van der Waals surface area contributed by atoms with E-state index in [1.165, 1.54) is 30.2 Å². The smallest absolute Gasteiger partial charge is 0.258 e. The fourth-order valence-corrected chi connectivity index (χ4v) is 1.96. The van der Waals surface area contributed by atoms with Gasteiger partial charge in [0.2, 0.25) is 0 Å². The molecule has 0 aliphatic rings. The van der Waals surface area contributed by atoms with Crippen molar-refractivity contribution in [2.24, 2.45) is 0 Å². The van der Waals surface area contributed by atoms with E-state index in [0.717, 1.165) is 0 Å². The zero-order valence-corrected chi connectivity index (χ0v) is 11.6. The average Bonchev–Trinajstić information content (AvgIpc) is 2.53. The molecule has 106 valence electrons. The van der Waals surface area contributed by atoms with Crippen LogP contribution in [0.15, 0.2) is 42.5 Å². The van der Waals surface area contributed by atoms with Gasteiger partial charge >= 0.3 is 0 Å². The Hall–Kier alpha value is -2.87. The monoisotopic (exact) mass is 284 g/mol. The molecular formula is C16H13FN2O2. The second-order valence-corrected chi connectivity index (χ2v) is 4.34. The van der Waals surface area contributed by atoms with Gasteiger partial charge in [-0.2, -0.15) is 5.26 Å². The van der Waals surface area contributed by atoms with Crippen LogP contribution >= 0.6 is 0 Å². The molecule has 1 amide bonds. The quantitative estimate of drug-likeness (QED) is 0.870. The molecule has 21 heavy (non-hydrogen) atoms. The van der Waals surface area contributed by atoms with Gasteiger partial charge < -0.3 is 9.64 Å². The second kappa shape index (κ2) is 6.06. The predicted molar refractivity (Wildman–Crippen MR) is 76.8 cm³/mol. The molecule has 2 rings (SSSR count). The first-order valence-corrected chi connectivity index (χ1v) is 6.19. The number of carbonyl (C=O) groups excluding carboxylic acids is 1. The number of carbonyl (C=O) groups is 1. The Morgan fingerprint density at radius 3 is 2.67 bits per heavy atom. The van der Waals surface area contributed by atoms with E-state index < -0.39 is 5.82 Å². The average molecular weight is 284 g/mol. The Bertz CT molecular complexity index is 722. The molecule has 0 heterocycles. The number of para-hydroxylation sites is 1. The van der Waals surface area contributed by atoms with Crippen molar-refractivity contribution in [3.05, 3.63) is 59.4 Å². The summed E-state index contributed by atoms with van der Waals surface area (Å²) >= 11 is 0. The first-order valence-electron chi connectivity index (χ1n) is 6.19. The van der Waals surface area contributed by atoms with Gasteiger partial charge in [0.1, 0.15) is 6.07 Å². The Kier molecular flexibility index (Phi) is 4.19. The van der Waals surface area contributed by atoms with Crippen molar-refractivity contribution in [2.45, 2.75) is 0 Å². The van der Waals surface area contributed by atoms with Crippen molar-refractivity contribution in [1.82, 2.24) is 0 Å². The molecule has 0 saturated carbocycles. The fourth-order valence-electron chi connectivity index (χ4n) is 1.96. The van der Waals surface area contributed by atoms with E-state index >= 15 is 0 Å². The minimum absolute atomic E-state index is 0.00261. The minimum atomic E-state index is -0.533. The number of methoxy groups -OCH3 is 1. The lowest BCUT2D eigenvalue weighted by atomic mass is 10.1. The van der Waals surface area contributed by atoms with Gasteiger partial charge in [-0.05, 0) is 30.3 Å². The third-order valence-corrected chi connectivity index (χ3v) is 3.09. The van der Waals surface area contributed by atoms with E-state index in [-0.39, 0.29) is 17.2 Å². The summed E-state index contributed by atoms with van der Waals surface area (Å²) in [5.74, 6) is -0.882. The third-order valence-electron chi connectivity index (χ3n) is 3.09. The van der Waals surface area contributed by atoms with Gasteiger partial charge in [-0.1, -0.05) is 12.1 Å². The number of ether oxygens (including phenoxy) is 1. The normalized spacial score (nSPS) is 9.81. The highest BCUT2D eigenvalue weighted by atomic mass is 19.1. The van der Waals surface area contributed by atoms with Crippen molar-refractivity contribution in [3.8, 4) is 11.8 Å². The van der Waals surface area contributed by atoms with Crippen LogP contribution in [0.1, 0.15) is 15.9 Å². The molecule has 2 aromatic carbocycles. The Morgan fingerprint density at radius 2 is 2.00 bits per heavy atom. The van der Waals surface area contributed by atoms with Gasteiger partial charge in [0, 0.05) is 12.6 Å². The Balaban J connectivity index is 2.38. The van der Waals surface area contributed by atoms with E-state index in [4.69, 9.17) is 10.00 Å². The number of hydrogen-bond acceptors (Lipinski definition) is 3. The van der Waals surface area contributed by atoms with Crippen LogP contribution in [0.25, 0.3) is 0 Å². The molecule has 0 atom stereocenters. The highest BCUT2D eigenvalue weighted by molar-refractivity contribution is 6.06. The zero-order valence-electron chi connectivity index (χ0n) is 11.6. The molecule has 0 spiro atoms. The molecule has 0 bridgehead atoms. The number of amides is 1. The van der Waals surface area contributed by atoms with E-state index in [1.807, 2.05) is 6.07 Å². The van der Waals surface area contributed by atoms with E-state index in [1.54, 1.807) is 31.3 Å². The van der Waals surface area contributed by atoms with Crippen molar-refractivity contribution >= 4 is 11.6 Å². The van der Waals surface area contributed by atoms with Gasteiger partial charge in [0.05, 0.1) is 18.4 Å². The number of nitriles is 1. The molecule has 0 unspecified atom stereocenters. The molecule has 0 aliphatic heterocycles. The van der Waals surface area contributed by atoms with E-state index in [0.29, 0.717) is 11.3 Å².